The number of hydrogen-bond acceptors (Lipinski definition) is 3. The van der Waals surface area contributed by atoms with E-state index in [1.165, 1.54) is 24.3 Å². The van der Waals surface area contributed by atoms with Crippen LogP contribution >= 0.6 is 15.9 Å². The lowest BCUT2D eigenvalue weighted by Crippen LogP contribution is -2.31. The van der Waals surface area contributed by atoms with Gasteiger partial charge in [0.2, 0.25) is 0 Å². The maximum atomic E-state index is 11.9. The molecule has 0 aliphatic rings. The Hall–Kier alpha value is -2.41. The first kappa shape index (κ1) is 16.0. The number of rotatable bonds is 4. The van der Waals surface area contributed by atoms with Crippen LogP contribution in [0.1, 0.15) is 18.5 Å². The smallest absolute Gasteiger partial charge is 0.319 e. The lowest BCUT2D eigenvalue weighted by molar-refractivity contribution is -0.384. The van der Waals surface area contributed by atoms with Gasteiger partial charge in [-0.1, -0.05) is 28.1 Å². The van der Waals surface area contributed by atoms with E-state index in [2.05, 4.69) is 26.6 Å². The summed E-state index contributed by atoms with van der Waals surface area (Å²) in [6, 6.07) is 12.8. The largest absolute Gasteiger partial charge is 0.331 e. The zero-order chi connectivity index (χ0) is 16.1. The third-order valence-electron chi connectivity index (χ3n) is 3.03. The number of benzene rings is 2. The highest BCUT2D eigenvalue weighted by atomic mass is 79.9. The molecule has 0 heterocycles. The van der Waals surface area contributed by atoms with Crippen molar-refractivity contribution in [3.63, 3.8) is 0 Å². The number of nitrogens with one attached hydrogen (secondary N) is 2. The van der Waals surface area contributed by atoms with Gasteiger partial charge in [-0.25, -0.2) is 4.79 Å². The number of anilines is 1. The first-order chi connectivity index (χ1) is 10.5. The quantitative estimate of drug-likeness (QED) is 0.629. The van der Waals surface area contributed by atoms with Gasteiger partial charge in [-0.2, -0.15) is 0 Å². The molecule has 0 radical (unpaired) electrons. The number of nitrogens with zero attached hydrogens (tertiary/aromatic N) is 1. The van der Waals surface area contributed by atoms with Crippen LogP contribution in [0.2, 0.25) is 0 Å². The van der Waals surface area contributed by atoms with Gasteiger partial charge in [-0.15, -0.1) is 0 Å². The summed E-state index contributed by atoms with van der Waals surface area (Å²) in [6.07, 6.45) is 0. The van der Waals surface area contributed by atoms with Gasteiger partial charge in [-0.05, 0) is 36.8 Å². The molecule has 0 unspecified atom stereocenters. The molecule has 2 aromatic rings. The van der Waals surface area contributed by atoms with Crippen molar-refractivity contribution in [3.05, 3.63) is 68.7 Å². The molecule has 0 aliphatic heterocycles. The number of carbonyl (C=O) groups is 1. The van der Waals surface area contributed by atoms with Crippen LogP contribution < -0.4 is 10.6 Å². The summed E-state index contributed by atoms with van der Waals surface area (Å²) in [4.78, 5) is 22.0. The van der Waals surface area contributed by atoms with Crippen molar-refractivity contribution in [2.24, 2.45) is 0 Å². The van der Waals surface area contributed by atoms with E-state index in [9.17, 15) is 14.9 Å². The Morgan fingerprint density at radius 2 is 1.91 bits per heavy atom. The van der Waals surface area contributed by atoms with E-state index in [0.29, 0.717) is 5.69 Å². The molecule has 6 nitrogen and oxygen atoms in total. The second-order valence-corrected chi connectivity index (χ2v) is 5.59. The van der Waals surface area contributed by atoms with Crippen molar-refractivity contribution in [1.29, 1.82) is 0 Å². The fourth-order valence-corrected chi connectivity index (χ4v) is 2.31. The van der Waals surface area contributed by atoms with Crippen LogP contribution in [0.4, 0.5) is 16.2 Å². The maximum absolute atomic E-state index is 11.9. The zero-order valence-electron chi connectivity index (χ0n) is 11.7. The van der Waals surface area contributed by atoms with Crippen molar-refractivity contribution in [1.82, 2.24) is 5.32 Å². The first-order valence-corrected chi connectivity index (χ1v) is 7.32. The van der Waals surface area contributed by atoms with Gasteiger partial charge in [0.05, 0.1) is 11.0 Å². The number of urea groups is 1. The topological polar surface area (TPSA) is 84.3 Å². The van der Waals surface area contributed by atoms with Gasteiger partial charge in [-0.3, -0.25) is 10.1 Å². The minimum Gasteiger partial charge on any atom is -0.331 e. The standard InChI is InChI=1S/C15H14BrN3O3/c1-10(11-3-2-4-12(16)9-11)17-15(20)18-13-5-7-14(8-6-13)19(21)22/h2-10H,1H3,(H2,17,18,20)/t10-/m0/s1. The SMILES string of the molecule is C[C@H](NC(=O)Nc1ccc([N+](=O)[O-])cc1)c1cccc(Br)c1. The minimum absolute atomic E-state index is 0.0199. The monoisotopic (exact) mass is 363 g/mol. The van der Waals surface area contributed by atoms with Crippen LogP contribution in [0.5, 0.6) is 0 Å². The third-order valence-corrected chi connectivity index (χ3v) is 3.53. The van der Waals surface area contributed by atoms with Crippen molar-refractivity contribution < 1.29 is 9.72 Å². The predicted molar refractivity (Wildman–Crippen MR) is 87.8 cm³/mol. The van der Waals surface area contributed by atoms with E-state index in [1.807, 2.05) is 31.2 Å². The molecule has 0 aliphatic carbocycles. The van der Waals surface area contributed by atoms with Gasteiger partial charge in [0, 0.05) is 22.3 Å². The van der Waals surface area contributed by atoms with Crippen LogP contribution in [0.3, 0.4) is 0 Å². The number of nitro benzene ring substituents is 1. The van der Waals surface area contributed by atoms with Gasteiger partial charge in [0.25, 0.3) is 5.69 Å². The molecular formula is C15H14BrN3O3. The van der Waals surface area contributed by atoms with Crippen molar-refractivity contribution in [2.45, 2.75) is 13.0 Å². The second kappa shape index (κ2) is 7.04. The summed E-state index contributed by atoms with van der Waals surface area (Å²) in [5.74, 6) is 0. The molecule has 2 aromatic carbocycles. The molecule has 0 aromatic heterocycles. The van der Waals surface area contributed by atoms with E-state index < -0.39 is 4.92 Å². The Labute approximate surface area is 135 Å². The Balaban J connectivity index is 1.96. The average Bonchev–Trinajstić information content (AvgIpc) is 2.47. The van der Waals surface area contributed by atoms with E-state index >= 15 is 0 Å². The Bertz CT molecular complexity index is 689. The molecule has 114 valence electrons. The van der Waals surface area contributed by atoms with Crippen LogP contribution in [0.25, 0.3) is 0 Å². The van der Waals surface area contributed by atoms with Crippen molar-refractivity contribution >= 4 is 33.3 Å². The predicted octanol–water partition coefficient (Wildman–Crippen LogP) is 4.24. The number of non-ortho nitro benzene ring substituents is 1. The number of amides is 2. The first-order valence-electron chi connectivity index (χ1n) is 6.53. The second-order valence-electron chi connectivity index (χ2n) is 4.68. The van der Waals surface area contributed by atoms with E-state index in [0.717, 1.165) is 10.0 Å². The molecular weight excluding hydrogens is 350 g/mol. The molecule has 22 heavy (non-hydrogen) atoms. The summed E-state index contributed by atoms with van der Waals surface area (Å²) < 4.78 is 0.939. The molecule has 2 amide bonds. The molecule has 2 N–H and O–H groups in total. The van der Waals surface area contributed by atoms with Gasteiger partial charge < -0.3 is 10.6 Å². The zero-order valence-corrected chi connectivity index (χ0v) is 13.3. The Kier molecular flexibility index (Phi) is 5.11. The Morgan fingerprint density at radius 3 is 2.50 bits per heavy atom. The molecule has 1 atom stereocenters. The highest BCUT2D eigenvalue weighted by Crippen LogP contribution is 2.18. The van der Waals surface area contributed by atoms with Crippen LogP contribution in [-0.4, -0.2) is 11.0 Å². The lowest BCUT2D eigenvalue weighted by atomic mass is 10.1. The Morgan fingerprint density at radius 1 is 1.23 bits per heavy atom. The van der Waals surface area contributed by atoms with Crippen LogP contribution in [0, 0.1) is 10.1 Å². The summed E-state index contributed by atoms with van der Waals surface area (Å²) >= 11 is 3.39. The molecule has 7 heteroatoms. The van der Waals surface area contributed by atoms with Crippen LogP contribution in [0.15, 0.2) is 53.0 Å². The molecule has 0 saturated heterocycles. The van der Waals surface area contributed by atoms with Gasteiger partial charge >= 0.3 is 6.03 Å². The van der Waals surface area contributed by atoms with Crippen LogP contribution in [-0.2, 0) is 0 Å². The molecule has 2 rings (SSSR count). The van der Waals surface area contributed by atoms with Crippen molar-refractivity contribution in [3.8, 4) is 0 Å². The molecule has 0 spiro atoms. The minimum atomic E-state index is -0.487. The lowest BCUT2D eigenvalue weighted by Gasteiger charge is -2.15. The fourth-order valence-electron chi connectivity index (χ4n) is 1.89. The number of nitro groups is 1. The summed E-state index contributed by atoms with van der Waals surface area (Å²) in [5.41, 5.74) is 1.44. The number of halogens is 1. The third kappa shape index (κ3) is 4.29. The van der Waals surface area contributed by atoms with E-state index in [1.54, 1.807) is 0 Å². The van der Waals surface area contributed by atoms with Gasteiger partial charge in [0.1, 0.15) is 0 Å². The summed E-state index contributed by atoms with van der Waals surface area (Å²) in [7, 11) is 0. The molecule has 0 bridgehead atoms. The number of carbonyl (C=O) groups excluding carboxylic acids is 1. The summed E-state index contributed by atoms with van der Waals surface area (Å²) in [6.45, 7) is 1.87. The normalized spacial score (nSPS) is 11.5. The molecule has 0 fully saturated rings. The molecule has 0 saturated carbocycles. The van der Waals surface area contributed by atoms with Gasteiger partial charge in [0.15, 0.2) is 0 Å². The highest BCUT2D eigenvalue weighted by Gasteiger charge is 2.10. The maximum Gasteiger partial charge on any atom is 0.319 e. The number of hydrogen-bond donors (Lipinski definition) is 2. The summed E-state index contributed by atoms with van der Waals surface area (Å²) in [5, 5.41) is 16.0. The highest BCUT2D eigenvalue weighted by molar-refractivity contribution is 9.10. The average molecular weight is 364 g/mol. The van der Waals surface area contributed by atoms with Crippen molar-refractivity contribution in [2.75, 3.05) is 5.32 Å². The fraction of sp³-hybridized carbons (Fsp3) is 0.133. The van der Waals surface area contributed by atoms with E-state index in [-0.39, 0.29) is 17.8 Å². The van der Waals surface area contributed by atoms with E-state index in [4.69, 9.17) is 0 Å².